The lowest BCUT2D eigenvalue weighted by atomic mass is 9.86. The number of nitrogens with two attached hydrogens (primary N) is 1. The van der Waals surface area contributed by atoms with Crippen molar-refractivity contribution in [1.82, 2.24) is 20.1 Å². The molecule has 1 aliphatic carbocycles. The Labute approximate surface area is 147 Å². The molecule has 3 N–H and O–H groups in total. The van der Waals surface area contributed by atoms with Gasteiger partial charge in [0, 0.05) is 25.4 Å². The van der Waals surface area contributed by atoms with Crippen molar-refractivity contribution in [1.29, 1.82) is 0 Å². The maximum atomic E-state index is 12.2. The van der Waals surface area contributed by atoms with E-state index in [9.17, 15) is 9.59 Å². The fourth-order valence-corrected chi connectivity index (χ4v) is 3.91. The molecule has 0 aromatic carbocycles. The smallest absolute Gasteiger partial charge is 0.230 e. The van der Waals surface area contributed by atoms with Crippen LogP contribution in [0.25, 0.3) is 0 Å². The van der Waals surface area contributed by atoms with Crippen molar-refractivity contribution in [3.05, 3.63) is 5.82 Å². The van der Waals surface area contributed by atoms with Gasteiger partial charge in [0.15, 0.2) is 5.16 Å². The Balaban J connectivity index is 1.86. The summed E-state index contributed by atoms with van der Waals surface area (Å²) in [6.07, 6.45) is 5.43. The molecule has 0 aliphatic heterocycles. The SMILES string of the molecule is CCn1c(CCC(N)=O)nnc1SCC(=O)N[C@H]1CCCC[C@H]1C. The van der Waals surface area contributed by atoms with E-state index in [0.717, 1.165) is 12.2 Å². The van der Waals surface area contributed by atoms with Gasteiger partial charge in [-0.05, 0) is 25.7 Å². The third-order valence-corrected chi connectivity index (χ3v) is 5.46. The summed E-state index contributed by atoms with van der Waals surface area (Å²) in [5.41, 5.74) is 5.18. The molecule has 1 heterocycles. The fourth-order valence-electron chi connectivity index (χ4n) is 3.07. The molecule has 1 aliphatic rings. The first-order valence-corrected chi connectivity index (χ1v) is 9.62. The van der Waals surface area contributed by atoms with Crippen LogP contribution in [0.5, 0.6) is 0 Å². The van der Waals surface area contributed by atoms with Crippen molar-refractivity contribution < 1.29 is 9.59 Å². The second-order valence-corrected chi connectivity index (χ2v) is 7.28. The van der Waals surface area contributed by atoms with Crippen LogP contribution in [0.2, 0.25) is 0 Å². The van der Waals surface area contributed by atoms with Crippen LogP contribution < -0.4 is 11.1 Å². The molecular weight excluding hydrogens is 326 g/mol. The van der Waals surface area contributed by atoms with Gasteiger partial charge in [-0.3, -0.25) is 9.59 Å². The Morgan fingerprint density at radius 2 is 2.08 bits per heavy atom. The van der Waals surface area contributed by atoms with Crippen LogP contribution in [0.3, 0.4) is 0 Å². The van der Waals surface area contributed by atoms with E-state index >= 15 is 0 Å². The zero-order chi connectivity index (χ0) is 17.5. The lowest BCUT2D eigenvalue weighted by molar-refractivity contribution is -0.120. The molecule has 0 radical (unpaired) electrons. The predicted molar refractivity (Wildman–Crippen MR) is 93.5 cm³/mol. The van der Waals surface area contributed by atoms with E-state index in [1.165, 1.54) is 31.0 Å². The van der Waals surface area contributed by atoms with Gasteiger partial charge in [-0.2, -0.15) is 0 Å². The predicted octanol–water partition coefficient (Wildman–Crippen LogP) is 1.50. The third kappa shape index (κ3) is 5.22. The van der Waals surface area contributed by atoms with Crippen molar-refractivity contribution in [3.8, 4) is 0 Å². The molecule has 0 spiro atoms. The van der Waals surface area contributed by atoms with Gasteiger partial charge in [-0.25, -0.2) is 0 Å². The third-order valence-electron chi connectivity index (χ3n) is 4.49. The molecule has 0 saturated heterocycles. The molecule has 1 aromatic rings. The van der Waals surface area contributed by atoms with E-state index in [-0.39, 0.29) is 18.2 Å². The molecule has 0 unspecified atom stereocenters. The van der Waals surface area contributed by atoms with Crippen LogP contribution >= 0.6 is 11.8 Å². The van der Waals surface area contributed by atoms with E-state index in [2.05, 4.69) is 22.4 Å². The number of thioether (sulfide) groups is 1. The van der Waals surface area contributed by atoms with Gasteiger partial charge in [0.25, 0.3) is 0 Å². The number of nitrogens with one attached hydrogen (secondary N) is 1. The standard InChI is InChI=1S/C16H27N5O2S/c1-3-21-14(9-8-13(17)22)19-20-16(21)24-10-15(23)18-12-7-5-4-6-11(12)2/h11-12H,3-10H2,1-2H3,(H2,17,22)(H,18,23)/t11-,12+/m1/s1. The number of primary amides is 1. The van der Waals surface area contributed by atoms with Gasteiger partial charge < -0.3 is 15.6 Å². The molecule has 134 valence electrons. The van der Waals surface area contributed by atoms with Crippen molar-refractivity contribution in [2.75, 3.05) is 5.75 Å². The van der Waals surface area contributed by atoms with Gasteiger partial charge in [0.05, 0.1) is 5.75 Å². The second kappa shape index (κ2) is 9.05. The summed E-state index contributed by atoms with van der Waals surface area (Å²) >= 11 is 1.39. The molecule has 2 rings (SSSR count). The minimum Gasteiger partial charge on any atom is -0.370 e. The first kappa shape index (κ1) is 18.8. The number of nitrogens with zero attached hydrogens (tertiary/aromatic N) is 3. The average molecular weight is 353 g/mol. The van der Waals surface area contributed by atoms with Crippen LogP contribution in [0, 0.1) is 5.92 Å². The van der Waals surface area contributed by atoms with Crippen LogP contribution in [0.15, 0.2) is 5.16 Å². The summed E-state index contributed by atoms with van der Waals surface area (Å²) in [7, 11) is 0. The fraction of sp³-hybridized carbons (Fsp3) is 0.750. The first-order valence-electron chi connectivity index (χ1n) is 8.63. The van der Waals surface area contributed by atoms with Crippen molar-refractivity contribution in [3.63, 3.8) is 0 Å². The maximum Gasteiger partial charge on any atom is 0.230 e. The molecule has 8 heteroatoms. The van der Waals surface area contributed by atoms with Crippen LogP contribution in [-0.4, -0.2) is 38.4 Å². The quantitative estimate of drug-likeness (QED) is 0.690. The molecule has 2 atom stereocenters. The van der Waals surface area contributed by atoms with Crippen LogP contribution in [0.4, 0.5) is 0 Å². The Kier molecular flexibility index (Phi) is 7.08. The molecule has 1 fully saturated rings. The zero-order valence-electron chi connectivity index (χ0n) is 14.5. The van der Waals surface area contributed by atoms with Crippen molar-refractivity contribution >= 4 is 23.6 Å². The molecule has 1 aromatic heterocycles. The number of rotatable bonds is 8. The van der Waals surface area contributed by atoms with Gasteiger partial charge in [-0.15, -0.1) is 10.2 Å². The molecule has 0 bridgehead atoms. The number of carbonyl (C=O) groups is 2. The Morgan fingerprint density at radius 1 is 1.33 bits per heavy atom. The van der Waals surface area contributed by atoms with Crippen molar-refractivity contribution in [2.45, 2.75) is 70.1 Å². The van der Waals surface area contributed by atoms with Crippen LogP contribution in [0.1, 0.15) is 51.8 Å². The summed E-state index contributed by atoms with van der Waals surface area (Å²) < 4.78 is 1.93. The van der Waals surface area contributed by atoms with Gasteiger partial charge in [0.1, 0.15) is 5.82 Å². The number of hydrogen-bond donors (Lipinski definition) is 2. The van der Waals surface area contributed by atoms with E-state index in [4.69, 9.17) is 5.73 Å². The number of aromatic nitrogens is 3. The minimum atomic E-state index is -0.351. The topological polar surface area (TPSA) is 103 Å². The number of aryl methyl sites for hydroxylation is 1. The Morgan fingerprint density at radius 3 is 2.75 bits per heavy atom. The largest absolute Gasteiger partial charge is 0.370 e. The van der Waals surface area contributed by atoms with E-state index in [1.54, 1.807) is 0 Å². The summed E-state index contributed by atoms with van der Waals surface area (Å²) in [6, 6.07) is 0.294. The van der Waals surface area contributed by atoms with Gasteiger partial charge in [-0.1, -0.05) is 31.5 Å². The number of hydrogen-bond acceptors (Lipinski definition) is 5. The summed E-state index contributed by atoms with van der Waals surface area (Å²) in [6.45, 7) is 4.89. The highest BCUT2D eigenvalue weighted by Gasteiger charge is 2.23. The average Bonchev–Trinajstić information content (AvgIpc) is 2.95. The second-order valence-electron chi connectivity index (χ2n) is 6.33. The van der Waals surface area contributed by atoms with Crippen LogP contribution in [-0.2, 0) is 22.6 Å². The minimum absolute atomic E-state index is 0.0445. The lowest BCUT2D eigenvalue weighted by Crippen LogP contribution is -2.41. The highest BCUT2D eigenvalue weighted by molar-refractivity contribution is 7.99. The van der Waals surface area contributed by atoms with E-state index in [1.807, 2.05) is 11.5 Å². The molecule has 24 heavy (non-hydrogen) atoms. The van der Waals surface area contributed by atoms with Crippen molar-refractivity contribution in [2.24, 2.45) is 11.7 Å². The number of carbonyl (C=O) groups excluding carboxylic acids is 2. The molecular formula is C16H27N5O2S. The molecule has 2 amide bonds. The van der Waals surface area contributed by atoms with E-state index in [0.29, 0.717) is 35.8 Å². The Bertz CT molecular complexity index is 575. The van der Waals surface area contributed by atoms with Gasteiger partial charge in [0.2, 0.25) is 11.8 Å². The Hall–Kier alpha value is -1.57. The number of amides is 2. The summed E-state index contributed by atoms with van der Waals surface area (Å²) in [5.74, 6) is 1.31. The molecule has 7 nitrogen and oxygen atoms in total. The molecule has 1 saturated carbocycles. The van der Waals surface area contributed by atoms with E-state index < -0.39 is 0 Å². The maximum absolute atomic E-state index is 12.2. The highest BCUT2D eigenvalue weighted by atomic mass is 32.2. The highest BCUT2D eigenvalue weighted by Crippen LogP contribution is 2.24. The van der Waals surface area contributed by atoms with Gasteiger partial charge >= 0.3 is 0 Å². The lowest BCUT2D eigenvalue weighted by Gasteiger charge is -2.29. The zero-order valence-corrected chi connectivity index (χ0v) is 15.3. The first-order chi connectivity index (χ1) is 11.5. The normalized spacial score (nSPS) is 20.8. The summed E-state index contributed by atoms with van der Waals surface area (Å²) in [5, 5.41) is 12.1. The monoisotopic (exact) mass is 353 g/mol. The summed E-state index contributed by atoms with van der Waals surface area (Å²) in [4.78, 5) is 23.1.